The first-order valence-electron chi connectivity index (χ1n) is 6.11. The fourth-order valence-electron chi connectivity index (χ4n) is 2.33. The lowest BCUT2D eigenvalue weighted by Gasteiger charge is -2.25. The summed E-state index contributed by atoms with van der Waals surface area (Å²) < 4.78 is 0. The van der Waals surface area contributed by atoms with E-state index in [1.807, 2.05) is 0 Å². The smallest absolute Gasteiger partial charge is 0.00676 e. The van der Waals surface area contributed by atoms with Crippen LogP contribution in [0.4, 0.5) is 0 Å². The number of rotatable bonds is 5. The second-order valence-corrected chi connectivity index (χ2v) is 4.88. The molecule has 0 aromatic carbocycles. The summed E-state index contributed by atoms with van der Waals surface area (Å²) >= 11 is 0. The molecule has 84 valence electrons. The molecule has 14 heavy (non-hydrogen) atoms. The minimum atomic E-state index is 0.486. The van der Waals surface area contributed by atoms with E-state index in [1.54, 1.807) is 0 Å². The molecule has 0 heterocycles. The fraction of sp³-hybridized carbons (Fsp3) is 1.00. The first-order chi connectivity index (χ1) is 6.65. The maximum atomic E-state index is 6.06. The van der Waals surface area contributed by atoms with Crippen LogP contribution >= 0.6 is 0 Å². The Balaban J connectivity index is 2.19. The molecule has 0 saturated heterocycles. The normalized spacial score (nSPS) is 29.8. The van der Waals surface area contributed by atoms with Gasteiger partial charge in [0, 0.05) is 12.1 Å². The Kier molecular flexibility index (Phi) is 4.90. The van der Waals surface area contributed by atoms with E-state index in [9.17, 15) is 0 Å². The third kappa shape index (κ3) is 3.25. The van der Waals surface area contributed by atoms with Crippen LogP contribution in [0.5, 0.6) is 0 Å². The van der Waals surface area contributed by atoms with E-state index < -0.39 is 0 Å². The molecule has 2 heteroatoms. The van der Waals surface area contributed by atoms with Crippen LogP contribution in [0.25, 0.3) is 0 Å². The first kappa shape index (κ1) is 12.0. The van der Waals surface area contributed by atoms with Crippen molar-refractivity contribution in [2.45, 2.75) is 58.0 Å². The molecule has 1 fully saturated rings. The standard InChI is InChI=1S/C12H26N2/c1-4-10(2)14(3)9-8-11-6-5-7-12(11)13/h10-12H,4-9,13H2,1-3H3. The topological polar surface area (TPSA) is 29.3 Å². The van der Waals surface area contributed by atoms with Gasteiger partial charge in [0.2, 0.25) is 0 Å². The van der Waals surface area contributed by atoms with E-state index in [4.69, 9.17) is 5.73 Å². The van der Waals surface area contributed by atoms with Crippen LogP contribution in [-0.4, -0.2) is 30.6 Å². The summed E-state index contributed by atoms with van der Waals surface area (Å²) in [5, 5.41) is 0. The molecule has 0 aromatic rings. The Morgan fingerprint density at radius 1 is 1.43 bits per heavy atom. The summed E-state index contributed by atoms with van der Waals surface area (Å²) in [5.41, 5.74) is 6.06. The van der Waals surface area contributed by atoms with Crippen molar-refractivity contribution in [3.05, 3.63) is 0 Å². The van der Waals surface area contributed by atoms with Crippen molar-refractivity contribution in [2.75, 3.05) is 13.6 Å². The lowest BCUT2D eigenvalue weighted by Crippen LogP contribution is -2.33. The predicted octanol–water partition coefficient (Wildman–Crippen LogP) is 2.23. The molecule has 0 radical (unpaired) electrons. The molecule has 0 aliphatic heterocycles. The molecule has 1 rings (SSSR count). The number of hydrogen-bond acceptors (Lipinski definition) is 2. The number of nitrogens with two attached hydrogens (primary N) is 1. The highest BCUT2D eigenvalue weighted by molar-refractivity contribution is 4.80. The second-order valence-electron chi connectivity index (χ2n) is 4.88. The van der Waals surface area contributed by atoms with Crippen molar-refractivity contribution < 1.29 is 0 Å². The zero-order valence-electron chi connectivity index (χ0n) is 10.00. The van der Waals surface area contributed by atoms with Crippen LogP contribution in [0.15, 0.2) is 0 Å². The molecule has 0 amide bonds. The zero-order valence-corrected chi connectivity index (χ0v) is 10.00. The van der Waals surface area contributed by atoms with Gasteiger partial charge in [0.05, 0.1) is 0 Å². The third-order valence-corrected chi connectivity index (χ3v) is 3.91. The monoisotopic (exact) mass is 198 g/mol. The minimum Gasteiger partial charge on any atom is -0.327 e. The molecule has 0 bridgehead atoms. The maximum absolute atomic E-state index is 6.06. The van der Waals surface area contributed by atoms with Gasteiger partial charge < -0.3 is 10.6 Å². The third-order valence-electron chi connectivity index (χ3n) is 3.91. The predicted molar refractivity (Wildman–Crippen MR) is 62.3 cm³/mol. The minimum absolute atomic E-state index is 0.486. The first-order valence-corrected chi connectivity index (χ1v) is 6.11. The Bertz CT molecular complexity index is 158. The van der Waals surface area contributed by atoms with Crippen molar-refractivity contribution in [1.29, 1.82) is 0 Å². The van der Waals surface area contributed by atoms with Gasteiger partial charge >= 0.3 is 0 Å². The van der Waals surface area contributed by atoms with Crippen LogP contribution < -0.4 is 5.73 Å². The quantitative estimate of drug-likeness (QED) is 0.734. The van der Waals surface area contributed by atoms with Crippen molar-refractivity contribution in [3.63, 3.8) is 0 Å². The maximum Gasteiger partial charge on any atom is 0.00676 e. The Labute approximate surface area is 88.8 Å². The van der Waals surface area contributed by atoms with Crippen molar-refractivity contribution >= 4 is 0 Å². The largest absolute Gasteiger partial charge is 0.327 e. The summed E-state index contributed by atoms with van der Waals surface area (Å²) in [6.07, 6.45) is 6.49. The van der Waals surface area contributed by atoms with E-state index in [-0.39, 0.29) is 0 Å². The van der Waals surface area contributed by atoms with Gasteiger partial charge in [-0.25, -0.2) is 0 Å². The van der Waals surface area contributed by atoms with Gasteiger partial charge in [0.1, 0.15) is 0 Å². The molecule has 2 nitrogen and oxygen atoms in total. The van der Waals surface area contributed by atoms with Gasteiger partial charge in [-0.05, 0) is 52.1 Å². The van der Waals surface area contributed by atoms with Gasteiger partial charge in [-0.15, -0.1) is 0 Å². The van der Waals surface area contributed by atoms with E-state index >= 15 is 0 Å². The van der Waals surface area contributed by atoms with Gasteiger partial charge in [-0.2, -0.15) is 0 Å². The fourth-order valence-corrected chi connectivity index (χ4v) is 2.33. The Hall–Kier alpha value is -0.0800. The highest BCUT2D eigenvalue weighted by Crippen LogP contribution is 2.26. The SMILES string of the molecule is CCC(C)N(C)CCC1CCCC1N. The molecule has 1 aliphatic rings. The molecule has 1 saturated carbocycles. The lowest BCUT2D eigenvalue weighted by molar-refractivity contribution is 0.229. The van der Waals surface area contributed by atoms with Gasteiger partial charge in [-0.3, -0.25) is 0 Å². The summed E-state index contributed by atoms with van der Waals surface area (Å²) in [5.74, 6) is 0.793. The molecule has 2 N–H and O–H groups in total. The molecule has 3 unspecified atom stereocenters. The Morgan fingerprint density at radius 3 is 2.64 bits per heavy atom. The van der Waals surface area contributed by atoms with Crippen LogP contribution in [0, 0.1) is 5.92 Å². The summed E-state index contributed by atoms with van der Waals surface area (Å²) in [7, 11) is 2.23. The molecule has 1 aliphatic carbocycles. The van der Waals surface area contributed by atoms with Crippen molar-refractivity contribution in [1.82, 2.24) is 4.90 Å². The average molecular weight is 198 g/mol. The molecule has 0 aromatic heterocycles. The number of nitrogens with zero attached hydrogens (tertiary/aromatic N) is 1. The molecular formula is C12H26N2. The second kappa shape index (κ2) is 5.72. The van der Waals surface area contributed by atoms with E-state index in [0.717, 1.165) is 5.92 Å². The van der Waals surface area contributed by atoms with Gasteiger partial charge in [0.25, 0.3) is 0 Å². The zero-order chi connectivity index (χ0) is 10.6. The van der Waals surface area contributed by atoms with Crippen molar-refractivity contribution in [2.24, 2.45) is 11.7 Å². The van der Waals surface area contributed by atoms with E-state index in [0.29, 0.717) is 12.1 Å². The molecular weight excluding hydrogens is 172 g/mol. The van der Waals surface area contributed by atoms with Gasteiger partial charge in [0.15, 0.2) is 0 Å². The molecule has 0 spiro atoms. The van der Waals surface area contributed by atoms with Crippen LogP contribution in [0.1, 0.15) is 46.0 Å². The van der Waals surface area contributed by atoms with Crippen LogP contribution in [0.2, 0.25) is 0 Å². The van der Waals surface area contributed by atoms with Crippen LogP contribution in [0.3, 0.4) is 0 Å². The highest BCUT2D eigenvalue weighted by atomic mass is 15.1. The highest BCUT2D eigenvalue weighted by Gasteiger charge is 2.23. The summed E-state index contributed by atoms with van der Waals surface area (Å²) in [6.45, 7) is 5.77. The Morgan fingerprint density at radius 2 is 2.14 bits per heavy atom. The summed E-state index contributed by atoms with van der Waals surface area (Å²) in [6, 6.07) is 1.20. The number of hydrogen-bond donors (Lipinski definition) is 1. The van der Waals surface area contributed by atoms with Crippen LogP contribution in [-0.2, 0) is 0 Å². The summed E-state index contributed by atoms with van der Waals surface area (Å²) in [4.78, 5) is 2.46. The van der Waals surface area contributed by atoms with Crippen molar-refractivity contribution in [3.8, 4) is 0 Å². The molecule has 3 atom stereocenters. The average Bonchev–Trinajstić information content (AvgIpc) is 2.59. The van der Waals surface area contributed by atoms with Gasteiger partial charge in [-0.1, -0.05) is 13.3 Å². The lowest BCUT2D eigenvalue weighted by atomic mass is 10.00. The van der Waals surface area contributed by atoms with E-state index in [1.165, 1.54) is 38.6 Å². The van der Waals surface area contributed by atoms with E-state index in [2.05, 4.69) is 25.8 Å².